The highest BCUT2D eigenvalue weighted by Crippen LogP contribution is 2.26. The number of aliphatic imine (C=N–C) groups is 1. The van der Waals surface area contributed by atoms with Gasteiger partial charge in [0.2, 0.25) is 12.2 Å². The molecule has 9 nitrogen and oxygen atoms in total. The Bertz CT molecular complexity index is 1390. The van der Waals surface area contributed by atoms with Gasteiger partial charge in [-0.1, -0.05) is 19.9 Å². The van der Waals surface area contributed by atoms with Crippen LogP contribution >= 0.6 is 0 Å². The fourth-order valence-electron chi connectivity index (χ4n) is 4.56. The minimum absolute atomic E-state index is 0.117. The first-order chi connectivity index (χ1) is 17.6. The maximum Gasteiger partial charge on any atom is 0.214 e. The lowest BCUT2D eigenvalue weighted by Gasteiger charge is -2.44. The Kier molecular flexibility index (Phi) is 6.67. The van der Waals surface area contributed by atoms with Crippen molar-refractivity contribution in [3.05, 3.63) is 73.2 Å². The van der Waals surface area contributed by atoms with E-state index in [0.717, 1.165) is 46.8 Å². The first-order valence-corrected chi connectivity index (χ1v) is 12.0. The summed E-state index contributed by atoms with van der Waals surface area (Å²) in [6.07, 6.45) is 7.29. The number of fused-ring (bicyclic) bond motifs is 1. The number of nitrogens with one attached hydrogen (secondary N) is 1. The van der Waals surface area contributed by atoms with Gasteiger partial charge < -0.3 is 15.1 Å². The molecule has 3 aromatic heterocycles. The second-order valence-corrected chi connectivity index (χ2v) is 9.01. The molecule has 5 rings (SSSR count). The molecule has 1 saturated heterocycles. The number of rotatable bonds is 4. The molecule has 1 unspecified atom stereocenters. The smallest absolute Gasteiger partial charge is 0.214 e. The summed E-state index contributed by atoms with van der Waals surface area (Å²) < 4.78 is 0. The van der Waals surface area contributed by atoms with Gasteiger partial charge in [-0.3, -0.25) is 9.97 Å². The number of guanidine groups is 1. The molecule has 1 aliphatic heterocycles. The Morgan fingerprint density at radius 3 is 2.69 bits per heavy atom. The summed E-state index contributed by atoms with van der Waals surface area (Å²) in [5.41, 5.74) is 3.49. The van der Waals surface area contributed by atoms with Crippen LogP contribution in [0.3, 0.4) is 0 Å². The number of nitriles is 1. The van der Waals surface area contributed by atoms with Gasteiger partial charge >= 0.3 is 0 Å². The molecular weight excluding hydrogens is 450 g/mol. The maximum absolute atomic E-state index is 9.48. The van der Waals surface area contributed by atoms with Crippen molar-refractivity contribution < 1.29 is 0 Å². The summed E-state index contributed by atoms with van der Waals surface area (Å²) in [6, 6.07) is 17.8. The van der Waals surface area contributed by atoms with Crippen LogP contribution in [-0.2, 0) is 0 Å². The quantitative estimate of drug-likeness (QED) is 0.265. The van der Waals surface area contributed by atoms with Crippen LogP contribution in [0, 0.1) is 17.4 Å². The molecule has 4 heterocycles. The molecule has 1 atom stereocenters. The monoisotopic (exact) mass is 477 g/mol. The average molecular weight is 478 g/mol. The largest absolute Gasteiger partial charge is 0.351 e. The molecule has 0 spiro atoms. The molecule has 1 fully saturated rings. The van der Waals surface area contributed by atoms with E-state index < -0.39 is 0 Å². The molecule has 0 aliphatic carbocycles. The van der Waals surface area contributed by atoms with Crippen LogP contribution in [0.4, 0.5) is 11.5 Å². The van der Waals surface area contributed by atoms with E-state index in [2.05, 4.69) is 54.1 Å². The molecule has 1 N–H and O–H groups in total. The van der Waals surface area contributed by atoms with Gasteiger partial charge in [-0.05, 0) is 54.4 Å². The van der Waals surface area contributed by atoms with Gasteiger partial charge in [0.1, 0.15) is 0 Å². The third kappa shape index (κ3) is 4.79. The van der Waals surface area contributed by atoms with E-state index in [-0.39, 0.29) is 6.04 Å². The second kappa shape index (κ2) is 10.4. The Balaban J connectivity index is 1.37. The normalized spacial score (nSPS) is 16.3. The second-order valence-electron chi connectivity index (χ2n) is 9.01. The number of hydrogen-bond acceptors (Lipinski definition) is 7. The molecule has 1 aliphatic rings. The third-order valence-electron chi connectivity index (χ3n) is 6.44. The SMILES string of the molecule is CC(C)C1CN(c2ccc(-c3cccnc3)nn2)CCN1/C(=N\C#N)Nc1cccc2ncccc12. The summed E-state index contributed by atoms with van der Waals surface area (Å²) in [6.45, 7) is 6.52. The van der Waals surface area contributed by atoms with Crippen molar-refractivity contribution in [2.24, 2.45) is 10.9 Å². The minimum Gasteiger partial charge on any atom is -0.351 e. The average Bonchev–Trinajstić information content (AvgIpc) is 2.93. The van der Waals surface area contributed by atoms with Crippen LogP contribution in [0.1, 0.15) is 13.8 Å². The summed E-state index contributed by atoms with van der Waals surface area (Å²) >= 11 is 0. The van der Waals surface area contributed by atoms with Gasteiger partial charge in [0.15, 0.2) is 5.82 Å². The standard InChI is InChI=1S/C27H27N9/c1-19(2)25-17-35(26-11-10-22(33-34-26)20-6-4-12-29-16-20)14-15-36(25)27(31-18-28)32-24-9-3-8-23-21(24)7-5-13-30-23/h3-13,16,19,25H,14-15,17H2,1-2H3,(H,31,32). The lowest BCUT2D eigenvalue weighted by molar-refractivity contribution is 0.224. The molecule has 9 heteroatoms. The zero-order chi connectivity index (χ0) is 24.9. The summed E-state index contributed by atoms with van der Waals surface area (Å²) in [5.74, 6) is 1.69. The number of nitrogens with zero attached hydrogens (tertiary/aromatic N) is 8. The highest BCUT2D eigenvalue weighted by atomic mass is 15.4. The molecule has 1 aromatic carbocycles. The zero-order valence-electron chi connectivity index (χ0n) is 20.3. The van der Waals surface area contributed by atoms with Crippen LogP contribution in [0.15, 0.2) is 78.2 Å². The summed E-state index contributed by atoms with van der Waals surface area (Å²) in [4.78, 5) is 17.2. The Morgan fingerprint density at radius 2 is 1.94 bits per heavy atom. The topological polar surface area (TPSA) is 106 Å². The number of aromatic nitrogens is 4. The fraction of sp³-hybridized carbons (Fsp3) is 0.259. The summed E-state index contributed by atoms with van der Waals surface area (Å²) in [7, 11) is 0. The molecule has 0 radical (unpaired) electrons. The van der Waals surface area contributed by atoms with Crippen LogP contribution in [0.2, 0.25) is 0 Å². The predicted octanol–water partition coefficient (Wildman–Crippen LogP) is 4.18. The van der Waals surface area contributed by atoms with Crippen LogP contribution in [-0.4, -0.2) is 56.7 Å². The van der Waals surface area contributed by atoms with Crippen molar-refractivity contribution in [1.82, 2.24) is 25.1 Å². The van der Waals surface area contributed by atoms with E-state index in [9.17, 15) is 5.26 Å². The van der Waals surface area contributed by atoms with Gasteiger partial charge in [0, 0.05) is 49.2 Å². The molecule has 180 valence electrons. The van der Waals surface area contributed by atoms with Crippen LogP contribution < -0.4 is 10.2 Å². The van der Waals surface area contributed by atoms with E-state index in [1.165, 1.54) is 0 Å². The van der Waals surface area contributed by atoms with Crippen LogP contribution in [0.25, 0.3) is 22.2 Å². The van der Waals surface area contributed by atoms with Gasteiger partial charge in [0.05, 0.1) is 22.9 Å². The van der Waals surface area contributed by atoms with E-state index in [1.54, 1.807) is 18.6 Å². The van der Waals surface area contributed by atoms with Crippen molar-refractivity contribution >= 4 is 28.4 Å². The van der Waals surface area contributed by atoms with Gasteiger partial charge in [-0.25, -0.2) is 0 Å². The molecule has 4 aromatic rings. The predicted molar refractivity (Wildman–Crippen MR) is 141 cm³/mol. The molecule has 36 heavy (non-hydrogen) atoms. The van der Waals surface area contributed by atoms with Crippen molar-refractivity contribution in [3.63, 3.8) is 0 Å². The minimum atomic E-state index is 0.117. The summed E-state index contributed by atoms with van der Waals surface area (Å²) in [5, 5.41) is 22.8. The van der Waals surface area contributed by atoms with Crippen molar-refractivity contribution in [2.75, 3.05) is 29.9 Å². The lowest BCUT2D eigenvalue weighted by Crippen LogP contribution is -2.58. The van der Waals surface area contributed by atoms with Crippen molar-refractivity contribution in [3.8, 4) is 17.5 Å². The van der Waals surface area contributed by atoms with Gasteiger partial charge in [-0.15, -0.1) is 15.2 Å². The van der Waals surface area contributed by atoms with Gasteiger partial charge in [0.25, 0.3) is 0 Å². The zero-order valence-corrected chi connectivity index (χ0v) is 20.3. The first kappa shape index (κ1) is 23.2. The Morgan fingerprint density at radius 1 is 1.06 bits per heavy atom. The molecule has 0 saturated carbocycles. The van der Waals surface area contributed by atoms with Gasteiger partial charge in [-0.2, -0.15) is 5.26 Å². The van der Waals surface area contributed by atoms with E-state index >= 15 is 0 Å². The fourth-order valence-corrected chi connectivity index (χ4v) is 4.56. The lowest BCUT2D eigenvalue weighted by atomic mass is 9.99. The molecular formula is C27H27N9. The Labute approximate surface area is 210 Å². The molecule has 0 bridgehead atoms. The first-order valence-electron chi connectivity index (χ1n) is 12.0. The van der Waals surface area contributed by atoms with Crippen LogP contribution in [0.5, 0.6) is 0 Å². The van der Waals surface area contributed by atoms with Crippen molar-refractivity contribution in [2.45, 2.75) is 19.9 Å². The maximum atomic E-state index is 9.48. The highest BCUT2D eigenvalue weighted by Gasteiger charge is 2.32. The number of anilines is 2. The number of piperazine rings is 1. The Hall–Kier alpha value is -4.58. The number of benzene rings is 1. The number of pyridine rings is 2. The van der Waals surface area contributed by atoms with E-state index in [0.29, 0.717) is 18.4 Å². The van der Waals surface area contributed by atoms with E-state index in [4.69, 9.17) is 0 Å². The van der Waals surface area contributed by atoms with E-state index in [1.807, 2.05) is 60.8 Å². The number of hydrogen-bond donors (Lipinski definition) is 1. The third-order valence-corrected chi connectivity index (χ3v) is 6.44. The molecule has 0 amide bonds. The highest BCUT2D eigenvalue weighted by molar-refractivity contribution is 6.02. The van der Waals surface area contributed by atoms with Crippen molar-refractivity contribution in [1.29, 1.82) is 5.26 Å².